The van der Waals surface area contributed by atoms with Crippen LogP contribution in [0.4, 0.5) is 4.79 Å². The predicted molar refractivity (Wildman–Crippen MR) is 88.2 cm³/mol. The third-order valence-electron chi connectivity index (χ3n) is 4.07. The third kappa shape index (κ3) is 4.61. The SMILES string of the molecule is COc1ccc(CNC(=O)C2CCCN(C(=O)N(C)C)C2)cc1. The minimum absolute atomic E-state index is 0.0112. The van der Waals surface area contributed by atoms with Gasteiger partial charge in [-0.15, -0.1) is 0 Å². The number of methoxy groups -OCH3 is 1. The first kappa shape index (κ1) is 17.1. The molecule has 1 fully saturated rings. The molecule has 1 saturated heterocycles. The number of likely N-dealkylation sites (tertiary alicyclic amines) is 1. The van der Waals surface area contributed by atoms with Gasteiger partial charge in [-0.25, -0.2) is 4.79 Å². The fraction of sp³-hybridized carbons (Fsp3) is 0.529. The lowest BCUT2D eigenvalue weighted by molar-refractivity contribution is -0.126. The summed E-state index contributed by atoms with van der Waals surface area (Å²) in [5.41, 5.74) is 1.02. The van der Waals surface area contributed by atoms with E-state index in [9.17, 15) is 9.59 Å². The topological polar surface area (TPSA) is 61.9 Å². The van der Waals surface area contributed by atoms with Gasteiger partial charge in [0.1, 0.15) is 5.75 Å². The fourth-order valence-corrected chi connectivity index (χ4v) is 2.72. The molecule has 126 valence electrons. The highest BCUT2D eigenvalue weighted by atomic mass is 16.5. The number of hydrogen-bond acceptors (Lipinski definition) is 3. The van der Waals surface area contributed by atoms with Crippen molar-refractivity contribution in [2.75, 3.05) is 34.3 Å². The first-order valence-electron chi connectivity index (χ1n) is 7.88. The summed E-state index contributed by atoms with van der Waals surface area (Å²) >= 11 is 0. The van der Waals surface area contributed by atoms with E-state index in [1.165, 1.54) is 0 Å². The number of benzene rings is 1. The molecular weight excluding hydrogens is 294 g/mol. The van der Waals surface area contributed by atoms with E-state index in [-0.39, 0.29) is 17.9 Å². The lowest BCUT2D eigenvalue weighted by atomic mass is 9.97. The van der Waals surface area contributed by atoms with Crippen LogP contribution in [-0.2, 0) is 11.3 Å². The van der Waals surface area contributed by atoms with Crippen LogP contribution in [0.15, 0.2) is 24.3 Å². The van der Waals surface area contributed by atoms with E-state index < -0.39 is 0 Å². The van der Waals surface area contributed by atoms with E-state index in [0.29, 0.717) is 13.1 Å². The maximum atomic E-state index is 12.3. The molecule has 23 heavy (non-hydrogen) atoms. The second-order valence-corrected chi connectivity index (χ2v) is 6.03. The summed E-state index contributed by atoms with van der Waals surface area (Å²) in [6, 6.07) is 7.58. The third-order valence-corrected chi connectivity index (χ3v) is 4.07. The predicted octanol–water partition coefficient (Wildman–Crippen LogP) is 1.70. The van der Waals surface area contributed by atoms with Crippen LogP contribution in [0.25, 0.3) is 0 Å². The van der Waals surface area contributed by atoms with Crippen molar-refractivity contribution < 1.29 is 14.3 Å². The smallest absolute Gasteiger partial charge is 0.319 e. The number of amides is 3. The van der Waals surface area contributed by atoms with Crippen LogP contribution in [0.5, 0.6) is 5.75 Å². The van der Waals surface area contributed by atoms with E-state index in [2.05, 4.69) is 5.32 Å². The number of nitrogens with one attached hydrogen (secondary N) is 1. The molecule has 6 heteroatoms. The Morgan fingerprint density at radius 1 is 1.30 bits per heavy atom. The van der Waals surface area contributed by atoms with Crippen molar-refractivity contribution in [3.63, 3.8) is 0 Å². The Bertz CT molecular complexity index is 543. The number of carbonyl (C=O) groups is 2. The van der Waals surface area contributed by atoms with Crippen molar-refractivity contribution in [2.45, 2.75) is 19.4 Å². The normalized spacial score (nSPS) is 17.5. The highest BCUT2D eigenvalue weighted by Crippen LogP contribution is 2.18. The van der Waals surface area contributed by atoms with Crippen LogP contribution in [0.3, 0.4) is 0 Å². The standard InChI is InChI=1S/C17H25N3O3/c1-19(2)17(22)20-10-4-5-14(12-20)16(21)18-11-13-6-8-15(23-3)9-7-13/h6-9,14H,4-5,10-12H2,1-3H3,(H,18,21). The largest absolute Gasteiger partial charge is 0.497 e. The number of ether oxygens (including phenoxy) is 1. The van der Waals surface area contributed by atoms with Gasteiger partial charge in [-0.2, -0.15) is 0 Å². The van der Waals surface area contributed by atoms with Crippen LogP contribution in [0, 0.1) is 5.92 Å². The molecule has 3 amide bonds. The summed E-state index contributed by atoms with van der Waals surface area (Å²) in [5.74, 6) is 0.674. The summed E-state index contributed by atoms with van der Waals surface area (Å²) in [6.45, 7) is 1.70. The van der Waals surface area contributed by atoms with E-state index in [1.807, 2.05) is 24.3 Å². The molecule has 0 spiro atoms. The molecule has 1 aliphatic heterocycles. The lowest BCUT2D eigenvalue weighted by Gasteiger charge is -2.33. The second-order valence-electron chi connectivity index (χ2n) is 6.03. The maximum absolute atomic E-state index is 12.3. The van der Waals surface area contributed by atoms with Crippen LogP contribution in [0.2, 0.25) is 0 Å². The highest BCUT2D eigenvalue weighted by molar-refractivity contribution is 5.80. The molecule has 1 atom stereocenters. The molecule has 1 N–H and O–H groups in total. The zero-order valence-corrected chi connectivity index (χ0v) is 14.0. The molecule has 0 bridgehead atoms. The summed E-state index contributed by atoms with van der Waals surface area (Å²) < 4.78 is 5.11. The Hall–Kier alpha value is -2.24. The average Bonchev–Trinajstić information content (AvgIpc) is 2.59. The van der Waals surface area contributed by atoms with Crippen molar-refractivity contribution in [1.82, 2.24) is 15.1 Å². The van der Waals surface area contributed by atoms with Gasteiger partial charge in [0.05, 0.1) is 13.0 Å². The molecule has 1 aliphatic rings. The van der Waals surface area contributed by atoms with Gasteiger partial charge in [-0.1, -0.05) is 12.1 Å². The molecule has 6 nitrogen and oxygen atoms in total. The molecule has 1 unspecified atom stereocenters. The van der Waals surface area contributed by atoms with Crippen LogP contribution < -0.4 is 10.1 Å². The first-order valence-corrected chi connectivity index (χ1v) is 7.88. The number of nitrogens with zero attached hydrogens (tertiary/aromatic N) is 2. The van der Waals surface area contributed by atoms with Gasteiger partial charge in [-0.05, 0) is 30.5 Å². The Labute approximate surface area is 137 Å². The summed E-state index contributed by atoms with van der Waals surface area (Å²) in [6.07, 6.45) is 1.69. The molecule has 0 aromatic heterocycles. The highest BCUT2D eigenvalue weighted by Gasteiger charge is 2.28. The molecular formula is C17H25N3O3. The molecule has 0 aliphatic carbocycles. The number of carbonyl (C=O) groups excluding carboxylic acids is 2. The average molecular weight is 319 g/mol. The van der Waals surface area contributed by atoms with Gasteiger partial charge in [0.25, 0.3) is 0 Å². The molecule has 0 saturated carbocycles. The Kier molecular flexibility index (Phi) is 5.84. The van der Waals surface area contributed by atoms with Crippen LogP contribution >= 0.6 is 0 Å². The zero-order chi connectivity index (χ0) is 16.8. The van der Waals surface area contributed by atoms with Crippen molar-refractivity contribution in [3.05, 3.63) is 29.8 Å². The second kappa shape index (κ2) is 7.85. The minimum atomic E-state index is -0.133. The number of rotatable bonds is 4. The number of hydrogen-bond donors (Lipinski definition) is 1. The van der Waals surface area contributed by atoms with Gasteiger partial charge >= 0.3 is 6.03 Å². The van der Waals surface area contributed by atoms with Crippen molar-refractivity contribution in [2.24, 2.45) is 5.92 Å². The van der Waals surface area contributed by atoms with Gasteiger partial charge in [-0.3, -0.25) is 4.79 Å². The van der Waals surface area contributed by atoms with Gasteiger partial charge in [0, 0.05) is 33.7 Å². The van der Waals surface area contributed by atoms with Gasteiger partial charge in [0.2, 0.25) is 5.91 Å². The number of urea groups is 1. The zero-order valence-electron chi connectivity index (χ0n) is 14.0. The quantitative estimate of drug-likeness (QED) is 0.919. The van der Waals surface area contributed by atoms with Crippen molar-refractivity contribution in [3.8, 4) is 5.75 Å². The maximum Gasteiger partial charge on any atom is 0.319 e. The van der Waals surface area contributed by atoms with Gasteiger partial charge < -0.3 is 19.9 Å². The fourth-order valence-electron chi connectivity index (χ4n) is 2.72. The summed E-state index contributed by atoms with van der Waals surface area (Å²) in [5, 5.41) is 2.96. The van der Waals surface area contributed by atoms with Crippen molar-refractivity contribution >= 4 is 11.9 Å². The Morgan fingerprint density at radius 3 is 2.61 bits per heavy atom. The monoisotopic (exact) mass is 319 g/mol. The van der Waals surface area contributed by atoms with Crippen molar-refractivity contribution in [1.29, 1.82) is 0 Å². The Balaban J connectivity index is 1.85. The van der Waals surface area contributed by atoms with E-state index in [4.69, 9.17) is 4.74 Å². The lowest BCUT2D eigenvalue weighted by Crippen LogP contribution is -2.48. The molecule has 1 aromatic rings. The number of piperidine rings is 1. The van der Waals surface area contributed by atoms with Gasteiger partial charge in [0.15, 0.2) is 0 Å². The molecule has 1 aromatic carbocycles. The molecule has 2 rings (SSSR count). The minimum Gasteiger partial charge on any atom is -0.497 e. The van der Waals surface area contributed by atoms with E-state index in [0.717, 1.165) is 30.7 Å². The summed E-state index contributed by atoms with van der Waals surface area (Å²) in [7, 11) is 5.09. The van der Waals surface area contributed by atoms with Crippen LogP contribution in [0.1, 0.15) is 18.4 Å². The molecule has 0 radical (unpaired) electrons. The van der Waals surface area contributed by atoms with E-state index >= 15 is 0 Å². The first-order chi connectivity index (χ1) is 11.0. The van der Waals surface area contributed by atoms with Crippen LogP contribution in [-0.4, -0.2) is 56.0 Å². The molecule has 1 heterocycles. The summed E-state index contributed by atoms with van der Waals surface area (Å²) in [4.78, 5) is 27.7. The Morgan fingerprint density at radius 2 is 2.00 bits per heavy atom. The van der Waals surface area contributed by atoms with E-state index in [1.54, 1.807) is 31.0 Å².